The minimum Gasteiger partial charge on any atom is -0.481 e. The molecule has 7 heteroatoms. The third-order valence-corrected chi connectivity index (χ3v) is 4.70. The molecule has 0 bridgehead atoms. The van der Waals surface area contributed by atoms with Crippen LogP contribution in [-0.2, 0) is 4.79 Å². The summed E-state index contributed by atoms with van der Waals surface area (Å²) in [5, 5.41) is 12.6. The maximum atomic E-state index is 13.4. The fourth-order valence-electron chi connectivity index (χ4n) is 3.44. The minimum absolute atomic E-state index is 0.118. The number of carboxylic acid groups (broad SMARTS) is 1. The van der Waals surface area contributed by atoms with Crippen molar-refractivity contribution < 1.29 is 19.1 Å². The molecule has 1 saturated carbocycles. The molecule has 1 heterocycles. The lowest BCUT2D eigenvalue weighted by Crippen LogP contribution is -2.43. The third kappa shape index (κ3) is 3.70. The van der Waals surface area contributed by atoms with Gasteiger partial charge in [-0.3, -0.25) is 14.4 Å². The molecule has 3 rings (SSSR count). The second kappa shape index (κ2) is 7.04. The fourth-order valence-corrected chi connectivity index (χ4v) is 3.44. The molecule has 1 amide bonds. The Balaban J connectivity index is 1.93. The van der Waals surface area contributed by atoms with Crippen LogP contribution >= 0.6 is 0 Å². The molecule has 6 nitrogen and oxygen atoms in total. The van der Waals surface area contributed by atoms with Gasteiger partial charge in [-0.2, -0.15) is 0 Å². The standard InChI is InChI=1S/C18H19FN2O4/c19-10-6-7-11-13(9-16(22)20-15(11)8-10)17(23)21-14-5-3-1-2-4-12(14)18(24)25/h6-9,12,14H,1-5H2,(H,20,22)(H,21,23)(H,24,25)/t12-,14+/m1/s1. The van der Waals surface area contributed by atoms with E-state index >= 15 is 0 Å². The summed E-state index contributed by atoms with van der Waals surface area (Å²) >= 11 is 0. The smallest absolute Gasteiger partial charge is 0.308 e. The molecule has 0 aliphatic heterocycles. The molecule has 0 unspecified atom stereocenters. The maximum Gasteiger partial charge on any atom is 0.308 e. The van der Waals surface area contributed by atoms with Crippen molar-refractivity contribution in [1.82, 2.24) is 10.3 Å². The van der Waals surface area contributed by atoms with E-state index < -0.39 is 35.2 Å². The first kappa shape index (κ1) is 17.1. The fraction of sp³-hybridized carbons (Fsp3) is 0.389. The van der Waals surface area contributed by atoms with Crippen LogP contribution in [0.3, 0.4) is 0 Å². The molecule has 1 fully saturated rings. The van der Waals surface area contributed by atoms with Crippen molar-refractivity contribution >= 4 is 22.8 Å². The average molecular weight is 346 g/mol. The second-order valence-corrected chi connectivity index (χ2v) is 6.40. The summed E-state index contributed by atoms with van der Waals surface area (Å²) in [7, 11) is 0. The van der Waals surface area contributed by atoms with Crippen LogP contribution < -0.4 is 10.9 Å². The topological polar surface area (TPSA) is 99.3 Å². The first-order chi connectivity index (χ1) is 12.0. The molecule has 1 aromatic carbocycles. The van der Waals surface area contributed by atoms with Crippen molar-refractivity contribution in [2.45, 2.75) is 38.1 Å². The number of nitrogens with one attached hydrogen (secondary N) is 2. The number of amides is 1. The zero-order valence-electron chi connectivity index (χ0n) is 13.5. The molecule has 1 aliphatic carbocycles. The lowest BCUT2D eigenvalue weighted by atomic mass is 9.94. The number of H-pyrrole nitrogens is 1. The Labute approximate surface area is 143 Å². The zero-order chi connectivity index (χ0) is 18.0. The van der Waals surface area contributed by atoms with Crippen molar-refractivity contribution in [2.75, 3.05) is 0 Å². The van der Waals surface area contributed by atoms with Crippen LogP contribution in [0.2, 0.25) is 0 Å². The van der Waals surface area contributed by atoms with Crippen LogP contribution in [-0.4, -0.2) is 28.0 Å². The Morgan fingerprint density at radius 2 is 1.92 bits per heavy atom. The van der Waals surface area contributed by atoms with Gasteiger partial charge in [0, 0.05) is 17.5 Å². The largest absolute Gasteiger partial charge is 0.481 e. The number of aromatic nitrogens is 1. The van der Waals surface area contributed by atoms with E-state index in [1.54, 1.807) is 0 Å². The molecule has 2 aromatic rings. The number of pyridine rings is 1. The number of carbonyl (C=O) groups is 2. The summed E-state index contributed by atoms with van der Waals surface area (Å²) in [4.78, 5) is 38.5. The molecule has 0 spiro atoms. The Kier molecular flexibility index (Phi) is 4.83. The van der Waals surface area contributed by atoms with Gasteiger partial charge in [0.2, 0.25) is 5.56 Å². The quantitative estimate of drug-likeness (QED) is 0.743. The van der Waals surface area contributed by atoms with E-state index in [2.05, 4.69) is 10.3 Å². The Bertz CT molecular complexity index is 877. The predicted octanol–water partition coefficient (Wildman–Crippen LogP) is 2.43. The summed E-state index contributed by atoms with van der Waals surface area (Å²) in [5.74, 6) is -2.60. The van der Waals surface area contributed by atoms with Gasteiger partial charge >= 0.3 is 5.97 Å². The minimum atomic E-state index is -0.926. The van der Waals surface area contributed by atoms with Crippen LogP contribution in [0.15, 0.2) is 29.1 Å². The van der Waals surface area contributed by atoms with Crippen LogP contribution in [0.5, 0.6) is 0 Å². The average Bonchev–Trinajstić information content (AvgIpc) is 2.79. The Hall–Kier alpha value is -2.70. The summed E-state index contributed by atoms with van der Waals surface area (Å²) in [5.41, 5.74) is -0.167. The molecule has 3 N–H and O–H groups in total. The van der Waals surface area contributed by atoms with Gasteiger partial charge in [0.1, 0.15) is 5.82 Å². The van der Waals surface area contributed by atoms with Gasteiger partial charge in [-0.1, -0.05) is 19.3 Å². The van der Waals surface area contributed by atoms with Crippen molar-refractivity contribution in [2.24, 2.45) is 5.92 Å². The van der Waals surface area contributed by atoms with Gasteiger partial charge in [0.25, 0.3) is 5.91 Å². The van der Waals surface area contributed by atoms with Crippen molar-refractivity contribution in [3.05, 3.63) is 46.0 Å². The molecule has 1 aliphatic rings. The normalized spacial score (nSPS) is 20.8. The molecule has 2 atom stereocenters. The summed E-state index contributed by atoms with van der Waals surface area (Å²) < 4.78 is 13.4. The first-order valence-corrected chi connectivity index (χ1v) is 8.32. The van der Waals surface area contributed by atoms with E-state index in [0.29, 0.717) is 18.2 Å². The van der Waals surface area contributed by atoms with E-state index in [1.807, 2.05) is 0 Å². The molecular weight excluding hydrogens is 327 g/mol. The van der Waals surface area contributed by atoms with Crippen LogP contribution in [0.25, 0.3) is 10.9 Å². The maximum absolute atomic E-state index is 13.4. The van der Waals surface area contributed by atoms with E-state index in [0.717, 1.165) is 31.4 Å². The molecule has 25 heavy (non-hydrogen) atoms. The van der Waals surface area contributed by atoms with E-state index in [1.165, 1.54) is 12.1 Å². The number of fused-ring (bicyclic) bond motifs is 1. The number of halogens is 1. The monoisotopic (exact) mass is 346 g/mol. The highest BCUT2D eigenvalue weighted by atomic mass is 19.1. The van der Waals surface area contributed by atoms with Crippen molar-refractivity contribution in [3.8, 4) is 0 Å². The number of carboxylic acids is 1. The lowest BCUT2D eigenvalue weighted by Gasteiger charge is -2.23. The third-order valence-electron chi connectivity index (χ3n) is 4.70. The molecule has 0 saturated heterocycles. The van der Waals surface area contributed by atoms with Gasteiger partial charge in [-0.25, -0.2) is 4.39 Å². The Morgan fingerprint density at radius 3 is 2.68 bits per heavy atom. The van der Waals surface area contributed by atoms with Crippen LogP contribution in [0, 0.1) is 11.7 Å². The highest BCUT2D eigenvalue weighted by Gasteiger charge is 2.31. The van der Waals surface area contributed by atoms with E-state index in [9.17, 15) is 23.9 Å². The molecule has 132 valence electrons. The number of rotatable bonds is 3. The SMILES string of the molecule is O=C(N[C@H]1CCCCC[C@H]1C(=O)O)c1cc(=O)[nH]c2cc(F)ccc12. The second-order valence-electron chi connectivity index (χ2n) is 6.40. The Morgan fingerprint density at radius 1 is 1.16 bits per heavy atom. The highest BCUT2D eigenvalue weighted by Crippen LogP contribution is 2.25. The van der Waals surface area contributed by atoms with Gasteiger partial charge in [0.15, 0.2) is 0 Å². The molecule has 1 aromatic heterocycles. The summed E-state index contributed by atoms with van der Waals surface area (Å²) in [6.45, 7) is 0. The number of carbonyl (C=O) groups excluding carboxylic acids is 1. The van der Waals surface area contributed by atoms with Gasteiger partial charge in [-0.15, -0.1) is 0 Å². The van der Waals surface area contributed by atoms with Crippen molar-refractivity contribution in [3.63, 3.8) is 0 Å². The summed E-state index contributed by atoms with van der Waals surface area (Å²) in [6, 6.07) is 4.46. The highest BCUT2D eigenvalue weighted by molar-refractivity contribution is 6.06. The van der Waals surface area contributed by atoms with E-state index in [4.69, 9.17) is 0 Å². The van der Waals surface area contributed by atoms with Gasteiger partial charge < -0.3 is 15.4 Å². The number of hydrogen-bond acceptors (Lipinski definition) is 3. The van der Waals surface area contributed by atoms with Gasteiger partial charge in [0.05, 0.1) is 17.0 Å². The molecule has 0 radical (unpaired) electrons. The summed E-state index contributed by atoms with van der Waals surface area (Å²) in [6.07, 6.45) is 3.69. The number of aliphatic carboxylic acids is 1. The van der Waals surface area contributed by atoms with E-state index in [-0.39, 0.29) is 11.1 Å². The number of aromatic amines is 1. The zero-order valence-corrected chi connectivity index (χ0v) is 13.5. The van der Waals surface area contributed by atoms with Gasteiger partial charge in [-0.05, 0) is 31.0 Å². The van der Waals surface area contributed by atoms with Crippen molar-refractivity contribution in [1.29, 1.82) is 0 Å². The number of hydrogen-bond donors (Lipinski definition) is 3. The number of benzene rings is 1. The lowest BCUT2D eigenvalue weighted by molar-refractivity contribution is -0.142. The molecular formula is C18H19FN2O4. The van der Waals surface area contributed by atoms with Crippen LogP contribution in [0.4, 0.5) is 4.39 Å². The van der Waals surface area contributed by atoms with Crippen LogP contribution in [0.1, 0.15) is 42.5 Å². The first-order valence-electron chi connectivity index (χ1n) is 8.32. The predicted molar refractivity (Wildman–Crippen MR) is 90.0 cm³/mol.